The molecule has 1 aromatic carbocycles. The molecule has 20 heavy (non-hydrogen) atoms. The number of carbonyl (C=O) groups is 1. The lowest BCUT2D eigenvalue weighted by Gasteiger charge is -2.34. The minimum atomic E-state index is -0.469. The number of aromatic nitrogens is 2. The van der Waals surface area contributed by atoms with Crippen LogP contribution < -0.4 is 4.90 Å². The fraction of sp³-hybridized carbons (Fsp3) is 0.308. The second kappa shape index (κ2) is 5.54. The third-order valence-corrected chi connectivity index (χ3v) is 3.81. The van der Waals surface area contributed by atoms with Gasteiger partial charge in [0, 0.05) is 26.2 Å². The maximum atomic E-state index is 13.6. The van der Waals surface area contributed by atoms with Gasteiger partial charge in [-0.15, -0.1) is 0 Å². The number of benzene rings is 1. The fourth-order valence-electron chi connectivity index (χ4n) is 2.24. The van der Waals surface area contributed by atoms with Crippen molar-refractivity contribution in [2.24, 2.45) is 0 Å². The molecule has 1 amide bonds. The van der Waals surface area contributed by atoms with E-state index in [-0.39, 0.29) is 11.5 Å². The average Bonchev–Trinajstić information content (AvgIpc) is 3.01. The van der Waals surface area contributed by atoms with Crippen LogP contribution in [0, 0.1) is 5.82 Å². The Labute approximate surface area is 120 Å². The standard InChI is InChI=1S/C13H13FN4OS/c14-11-4-2-1-3-10(11)13(19)18-7-5-17(6-8-18)12-9-15-20-16-12/h1-4,9H,5-8H2. The predicted molar refractivity (Wildman–Crippen MR) is 74.4 cm³/mol. The van der Waals surface area contributed by atoms with Crippen LogP contribution >= 0.6 is 11.7 Å². The van der Waals surface area contributed by atoms with Gasteiger partial charge in [0.1, 0.15) is 5.82 Å². The molecule has 1 aromatic heterocycles. The Morgan fingerprint density at radius 1 is 1.20 bits per heavy atom. The van der Waals surface area contributed by atoms with E-state index in [1.807, 2.05) is 0 Å². The van der Waals surface area contributed by atoms with Crippen molar-refractivity contribution in [3.8, 4) is 0 Å². The van der Waals surface area contributed by atoms with E-state index in [9.17, 15) is 9.18 Å². The van der Waals surface area contributed by atoms with Crippen LogP contribution in [0.25, 0.3) is 0 Å². The second-order valence-corrected chi connectivity index (χ2v) is 5.08. The normalized spacial score (nSPS) is 15.4. The number of carbonyl (C=O) groups excluding carboxylic acids is 1. The van der Waals surface area contributed by atoms with Crippen LogP contribution in [0.2, 0.25) is 0 Å². The number of hydrogen-bond donors (Lipinski definition) is 0. The number of rotatable bonds is 2. The summed E-state index contributed by atoms with van der Waals surface area (Å²) in [6, 6.07) is 6.09. The summed E-state index contributed by atoms with van der Waals surface area (Å²) in [5.41, 5.74) is 0.135. The van der Waals surface area contributed by atoms with Crippen LogP contribution in [-0.2, 0) is 0 Å². The quantitative estimate of drug-likeness (QED) is 0.844. The molecule has 1 aliphatic rings. The number of piperazine rings is 1. The molecular formula is C13H13FN4OS. The van der Waals surface area contributed by atoms with E-state index >= 15 is 0 Å². The molecule has 2 heterocycles. The molecule has 3 rings (SSSR count). The van der Waals surface area contributed by atoms with E-state index in [2.05, 4.69) is 13.6 Å². The van der Waals surface area contributed by atoms with Gasteiger partial charge in [0.05, 0.1) is 23.5 Å². The Balaban J connectivity index is 1.66. The third kappa shape index (κ3) is 2.49. The molecule has 1 saturated heterocycles. The van der Waals surface area contributed by atoms with Gasteiger partial charge in [-0.25, -0.2) is 4.39 Å². The van der Waals surface area contributed by atoms with Gasteiger partial charge in [0.25, 0.3) is 5.91 Å². The maximum Gasteiger partial charge on any atom is 0.256 e. The lowest BCUT2D eigenvalue weighted by molar-refractivity contribution is 0.0742. The molecule has 7 heteroatoms. The summed E-state index contributed by atoms with van der Waals surface area (Å²) >= 11 is 1.17. The first-order valence-electron chi connectivity index (χ1n) is 6.32. The highest BCUT2D eigenvalue weighted by Gasteiger charge is 2.24. The van der Waals surface area contributed by atoms with Crippen LogP contribution in [-0.4, -0.2) is 45.7 Å². The van der Waals surface area contributed by atoms with Crippen molar-refractivity contribution in [1.82, 2.24) is 13.6 Å². The van der Waals surface area contributed by atoms with Gasteiger partial charge >= 0.3 is 0 Å². The van der Waals surface area contributed by atoms with Crippen molar-refractivity contribution in [2.75, 3.05) is 31.1 Å². The lowest BCUT2D eigenvalue weighted by Crippen LogP contribution is -2.49. The minimum absolute atomic E-state index is 0.135. The molecule has 0 unspecified atom stereocenters. The van der Waals surface area contributed by atoms with Crippen LogP contribution in [0.3, 0.4) is 0 Å². The summed E-state index contributed by atoms with van der Waals surface area (Å²) in [7, 11) is 0. The van der Waals surface area contributed by atoms with Gasteiger partial charge in [-0.1, -0.05) is 12.1 Å². The van der Waals surface area contributed by atoms with Crippen LogP contribution in [0.15, 0.2) is 30.5 Å². The molecular weight excluding hydrogens is 279 g/mol. The monoisotopic (exact) mass is 292 g/mol. The number of hydrogen-bond acceptors (Lipinski definition) is 5. The Hall–Kier alpha value is -2.02. The van der Waals surface area contributed by atoms with Crippen molar-refractivity contribution in [2.45, 2.75) is 0 Å². The van der Waals surface area contributed by atoms with Gasteiger partial charge in [-0.05, 0) is 12.1 Å². The highest BCUT2D eigenvalue weighted by atomic mass is 32.1. The molecule has 1 aliphatic heterocycles. The van der Waals surface area contributed by atoms with E-state index in [1.54, 1.807) is 23.2 Å². The highest BCUT2D eigenvalue weighted by molar-refractivity contribution is 6.99. The number of halogens is 1. The Bertz CT molecular complexity index is 596. The smallest absolute Gasteiger partial charge is 0.256 e. The molecule has 104 valence electrons. The summed E-state index contributed by atoms with van der Waals surface area (Å²) in [6.45, 7) is 2.49. The molecule has 0 N–H and O–H groups in total. The van der Waals surface area contributed by atoms with Gasteiger partial charge < -0.3 is 9.80 Å². The molecule has 0 radical (unpaired) electrons. The molecule has 0 bridgehead atoms. The summed E-state index contributed by atoms with van der Waals surface area (Å²) in [6.07, 6.45) is 1.72. The van der Waals surface area contributed by atoms with Crippen molar-refractivity contribution in [1.29, 1.82) is 0 Å². The summed E-state index contributed by atoms with van der Waals surface area (Å²) < 4.78 is 21.8. The lowest BCUT2D eigenvalue weighted by atomic mass is 10.1. The van der Waals surface area contributed by atoms with Crippen LogP contribution in [0.4, 0.5) is 10.2 Å². The predicted octanol–water partition coefficient (Wildman–Crippen LogP) is 1.64. The first kappa shape index (κ1) is 13.0. The first-order valence-corrected chi connectivity index (χ1v) is 7.05. The first-order chi connectivity index (χ1) is 9.75. The zero-order valence-corrected chi connectivity index (χ0v) is 11.5. The fourth-order valence-corrected chi connectivity index (χ4v) is 2.68. The summed E-state index contributed by atoms with van der Waals surface area (Å²) in [5.74, 6) is 0.121. The van der Waals surface area contributed by atoms with Gasteiger partial charge in [-0.3, -0.25) is 4.79 Å². The maximum absolute atomic E-state index is 13.6. The van der Waals surface area contributed by atoms with Crippen molar-refractivity contribution in [3.05, 3.63) is 41.8 Å². The van der Waals surface area contributed by atoms with E-state index in [0.717, 1.165) is 5.82 Å². The topological polar surface area (TPSA) is 49.3 Å². The highest BCUT2D eigenvalue weighted by Crippen LogP contribution is 2.16. The molecule has 2 aromatic rings. The zero-order chi connectivity index (χ0) is 13.9. The molecule has 5 nitrogen and oxygen atoms in total. The molecule has 0 saturated carbocycles. The Kier molecular flexibility index (Phi) is 3.60. The molecule has 0 aliphatic carbocycles. The van der Waals surface area contributed by atoms with E-state index in [4.69, 9.17) is 0 Å². The van der Waals surface area contributed by atoms with Crippen LogP contribution in [0.5, 0.6) is 0 Å². The second-order valence-electron chi connectivity index (χ2n) is 4.52. The number of nitrogens with zero attached hydrogens (tertiary/aromatic N) is 4. The van der Waals surface area contributed by atoms with Gasteiger partial charge in [0.15, 0.2) is 5.82 Å². The van der Waals surface area contributed by atoms with Gasteiger partial charge in [-0.2, -0.15) is 8.75 Å². The zero-order valence-electron chi connectivity index (χ0n) is 10.7. The molecule has 0 atom stereocenters. The Morgan fingerprint density at radius 2 is 1.95 bits per heavy atom. The largest absolute Gasteiger partial charge is 0.351 e. The van der Waals surface area contributed by atoms with Crippen molar-refractivity contribution in [3.63, 3.8) is 0 Å². The molecule has 1 fully saturated rings. The van der Waals surface area contributed by atoms with Crippen LogP contribution in [0.1, 0.15) is 10.4 Å². The van der Waals surface area contributed by atoms with E-state index in [1.165, 1.54) is 23.9 Å². The Morgan fingerprint density at radius 3 is 2.60 bits per heavy atom. The molecule has 0 spiro atoms. The number of anilines is 1. The van der Waals surface area contributed by atoms with E-state index in [0.29, 0.717) is 26.2 Å². The van der Waals surface area contributed by atoms with Gasteiger partial charge in [0.2, 0.25) is 0 Å². The third-order valence-electron chi connectivity index (χ3n) is 3.34. The summed E-state index contributed by atoms with van der Waals surface area (Å²) in [4.78, 5) is 16.0. The van der Waals surface area contributed by atoms with Crippen molar-refractivity contribution >= 4 is 23.5 Å². The van der Waals surface area contributed by atoms with E-state index < -0.39 is 5.82 Å². The summed E-state index contributed by atoms with van der Waals surface area (Å²) in [5, 5.41) is 0. The van der Waals surface area contributed by atoms with Crippen molar-refractivity contribution < 1.29 is 9.18 Å². The SMILES string of the molecule is O=C(c1ccccc1F)N1CCN(c2cnsn2)CC1. The minimum Gasteiger partial charge on any atom is -0.351 e. The number of amides is 1. The average molecular weight is 292 g/mol.